The molecule has 1 aromatic heterocycles. The molecule has 4 N–H and O–H groups in total. The molecule has 0 aliphatic heterocycles. The fraction of sp³-hybridized carbons (Fsp3) is 0.250. The minimum Gasteiger partial charge on any atom is -0.451 e. The third-order valence-corrected chi connectivity index (χ3v) is 3.96. The van der Waals surface area contributed by atoms with Crippen molar-refractivity contribution >= 4 is 15.7 Å². The van der Waals surface area contributed by atoms with Gasteiger partial charge in [-0.1, -0.05) is 6.07 Å². The topological polar surface area (TPSA) is 113 Å². The van der Waals surface area contributed by atoms with Gasteiger partial charge < -0.3 is 10.5 Å². The molecule has 0 saturated heterocycles. The van der Waals surface area contributed by atoms with E-state index in [4.69, 9.17) is 15.6 Å². The van der Waals surface area contributed by atoms with E-state index in [1.165, 1.54) is 12.1 Å². The van der Waals surface area contributed by atoms with Crippen molar-refractivity contribution in [3.05, 3.63) is 29.6 Å². The first-order valence-corrected chi connectivity index (χ1v) is 7.35. The van der Waals surface area contributed by atoms with Crippen LogP contribution < -0.4 is 15.6 Å². The Kier molecular flexibility index (Phi) is 3.45. The molecule has 0 radical (unpaired) electrons. The van der Waals surface area contributed by atoms with Crippen LogP contribution in [0.3, 0.4) is 0 Å². The Bertz CT molecular complexity index is 765. The number of ether oxygens (including phenoxy) is 1. The van der Waals surface area contributed by atoms with Gasteiger partial charge in [0.2, 0.25) is 10.0 Å². The summed E-state index contributed by atoms with van der Waals surface area (Å²) in [5, 5.41) is 9.32. The first-order chi connectivity index (χ1) is 9.21. The van der Waals surface area contributed by atoms with Gasteiger partial charge in [-0.15, -0.1) is 0 Å². The standard InChI is InChI=1S/C12H16N4O3S/c1-7-12(8(2)16(3)15-7)19-9-5-4-6-10(11(9)13)20(14,17)18/h4-6H,13H2,1-3H3,(H2,14,17,18). The maximum atomic E-state index is 11.4. The van der Waals surface area contributed by atoms with Gasteiger partial charge in [-0.25, -0.2) is 13.6 Å². The highest BCUT2D eigenvalue weighted by atomic mass is 32.2. The first-order valence-electron chi connectivity index (χ1n) is 5.81. The summed E-state index contributed by atoms with van der Waals surface area (Å²) in [6.45, 7) is 3.64. The average Bonchev–Trinajstić information content (AvgIpc) is 2.57. The number of sulfonamides is 1. The van der Waals surface area contributed by atoms with Crippen molar-refractivity contribution in [2.45, 2.75) is 18.7 Å². The molecular weight excluding hydrogens is 280 g/mol. The second kappa shape index (κ2) is 4.80. The molecule has 0 saturated carbocycles. The highest BCUT2D eigenvalue weighted by Crippen LogP contribution is 2.34. The van der Waals surface area contributed by atoms with E-state index in [1.54, 1.807) is 24.7 Å². The van der Waals surface area contributed by atoms with Gasteiger partial charge in [-0.3, -0.25) is 4.68 Å². The van der Waals surface area contributed by atoms with Crippen LogP contribution in [0.4, 0.5) is 5.69 Å². The van der Waals surface area contributed by atoms with E-state index in [9.17, 15) is 8.42 Å². The van der Waals surface area contributed by atoms with Gasteiger partial charge in [0.1, 0.15) is 10.6 Å². The third-order valence-electron chi connectivity index (χ3n) is 2.99. The Morgan fingerprint density at radius 1 is 1.30 bits per heavy atom. The van der Waals surface area contributed by atoms with Crippen molar-refractivity contribution in [1.29, 1.82) is 0 Å². The van der Waals surface area contributed by atoms with E-state index in [0.29, 0.717) is 11.4 Å². The maximum Gasteiger partial charge on any atom is 0.240 e. The van der Waals surface area contributed by atoms with Gasteiger partial charge in [0.05, 0.1) is 11.4 Å². The molecule has 0 amide bonds. The summed E-state index contributed by atoms with van der Waals surface area (Å²) in [5.41, 5.74) is 7.29. The zero-order chi connectivity index (χ0) is 15.1. The summed E-state index contributed by atoms with van der Waals surface area (Å²) in [4.78, 5) is -0.158. The summed E-state index contributed by atoms with van der Waals surface area (Å²) >= 11 is 0. The molecule has 2 aromatic rings. The Morgan fingerprint density at radius 2 is 1.95 bits per heavy atom. The minimum atomic E-state index is -3.89. The number of rotatable bonds is 3. The van der Waals surface area contributed by atoms with Gasteiger partial charge >= 0.3 is 0 Å². The van der Waals surface area contributed by atoms with Crippen LogP contribution in [-0.2, 0) is 17.1 Å². The molecule has 0 aliphatic carbocycles. The Morgan fingerprint density at radius 3 is 2.45 bits per heavy atom. The van der Waals surface area contributed by atoms with Crippen LogP contribution in [0.25, 0.3) is 0 Å². The summed E-state index contributed by atoms with van der Waals surface area (Å²) in [7, 11) is -2.10. The van der Waals surface area contributed by atoms with E-state index in [0.717, 1.165) is 5.69 Å². The fourth-order valence-corrected chi connectivity index (χ4v) is 2.55. The zero-order valence-electron chi connectivity index (χ0n) is 11.4. The molecule has 0 atom stereocenters. The van der Waals surface area contributed by atoms with Crippen LogP contribution in [0.1, 0.15) is 11.4 Å². The highest BCUT2D eigenvalue weighted by Gasteiger charge is 2.18. The predicted octanol–water partition coefficient (Wildman–Crippen LogP) is 1.06. The molecule has 2 rings (SSSR count). The maximum absolute atomic E-state index is 11.4. The Labute approximate surface area is 117 Å². The molecule has 1 heterocycles. The van der Waals surface area contributed by atoms with E-state index < -0.39 is 10.0 Å². The summed E-state index contributed by atoms with van der Waals surface area (Å²) in [5.74, 6) is 0.779. The van der Waals surface area contributed by atoms with Gasteiger partial charge in [0.15, 0.2) is 11.5 Å². The van der Waals surface area contributed by atoms with Crippen molar-refractivity contribution in [1.82, 2.24) is 9.78 Å². The summed E-state index contributed by atoms with van der Waals surface area (Å²) in [6, 6.07) is 4.43. The number of anilines is 1. The second-order valence-electron chi connectivity index (χ2n) is 4.44. The largest absolute Gasteiger partial charge is 0.451 e. The predicted molar refractivity (Wildman–Crippen MR) is 75.0 cm³/mol. The molecule has 8 heteroatoms. The smallest absolute Gasteiger partial charge is 0.240 e. The molecular formula is C12H16N4O3S. The van der Waals surface area contributed by atoms with Crippen LogP contribution in [0.15, 0.2) is 23.1 Å². The quantitative estimate of drug-likeness (QED) is 0.822. The molecule has 0 bridgehead atoms. The van der Waals surface area contributed by atoms with Gasteiger partial charge in [0.25, 0.3) is 0 Å². The fourth-order valence-electron chi connectivity index (χ4n) is 1.87. The number of para-hydroxylation sites is 1. The van der Waals surface area contributed by atoms with Crippen molar-refractivity contribution in [2.24, 2.45) is 12.2 Å². The number of aryl methyl sites for hydroxylation is 2. The lowest BCUT2D eigenvalue weighted by Crippen LogP contribution is -2.14. The zero-order valence-corrected chi connectivity index (χ0v) is 12.2. The normalized spacial score (nSPS) is 11.6. The second-order valence-corrected chi connectivity index (χ2v) is 5.97. The SMILES string of the molecule is Cc1nn(C)c(C)c1Oc1cccc(S(N)(=O)=O)c1N. The number of benzene rings is 1. The number of aromatic nitrogens is 2. The molecule has 20 heavy (non-hydrogen) atoms. The van der Waals surface area contributed by atoms with Crippen LogP contribution >= 0.6 is 0 Å². The molecule has 1 aromatic carbocycles. The van der Waals surface area contributed by atoms with Crippen molar-refractivity contribution < 1.29 is 13.2 Å². The van der Waals surface area contributed by atoms with E-state index in [-0.39, 0.29) is 16.3 Å². The molecule has 0 unspecified atom stereocenters. The van der Waals surface area contributed by atoms with Crippen molar-refractivity contribution in [3.8, 4) is 11.5 Å². The van der Waals surface area contributed by atoms with Crippen LogP contribution in [0, 0.1) is 13.8 Å². The third kappa shape index (κ3) is 2.47. The van der Waals surface area contributed by atoms with Gasteiger partial charge in [-0.05, 0) is 26.0 Å². The van der Waals surface area contributed by atoms with Crippen molar-refractivity contribution in [3.63, 3.8) is 0 Å². The number of nitrogens with two attached hydrogens (primary N) is 2. The van der Waals surface area contributed by atoms with Gasteiger partial charge in [0, 0.05) is 7.05 Å². The van der Waals surface area contributed by atoms with Gasteiger partial charge in [-0.2, -0.15) is 5.10 Å². The number of hydrogen-bond donors (Lipinski definition) is 2. The monoisotopic (exact) mass is 296 g/mol. The van der Waals surface area contributed by atoms with Crippen LogP contribution in [0.5, 0.6) is 11.5 Å². The molecule has 0 fully saturated rings. The number of nitrogen functional groups attached to an aromatic ring is 1. The summed E-state index contributed by atoms with van der Waals surface area (Å²) < 4.78 is 30.2. The highest BCUT2D eigenvalue weighted by molar-refractivity contribution is 7.89. The first kappa shape index (κ1) is 14.4. The molecule has 7 nitrogen and oxygen atoms in total. The number of hydrogen-bond acceptors (Lipinski definition) is 5. The van der Waals surface area contributed by atoms with E-state index in [2.05, 4.69) is 5.10 Å². The molecule has 0 aliphatic rings. The molecule has 108 valence electrons. The number of primary sulfonamides is 1. The Balaban J connectivity index is 2.50. The lowest BCUT2D eigenvalue weighted by molar-refractivity contribution is 0.475. The summed E-state index contributed by atoms with van der Waals surface area (Å²) in [6.07, 6.45) is 0. The van der Waals surface area contributed by atoms with Crippen LogP contribution in [0.2, 0.25) is 0 Å². The van der Waals surface area contributed by atoms with Crippen molar-refractivity contribution in [2.75, 3.05) is 5.73 Å². The van der Waals surface area contributed by atoms with Crippen LogP contribution in [-0.4, -0.2) is 18.2 Å². The Hall–Kier alpha value is -2.06. The van der Waals surface area contributed by atoms with E-state index in [1.807, 2.05) is 6.92 Å². The average molecular weight is 296 g/mol. The lowest BCUT2D eigenvalue weighted by atomic mass is 10.3. The van der Waals surface area contributed by atoms with E-state index >= 15 is 0 Å². The lowest BCUT2D eigenvalue weighted by Gasteiger charge is -2.11. The molecule has 0 spiro atoms. The number of nitrogens with zero attached hydrogens (tertiary/aromatic N) is 2. The minimum absolute atomic E-state index is 0.0161.